The maximum absolute atomic E-state index is 14.4. The van der Waals surface area contributed by atoms with Crippen molar-refractivity contribution in [3.05, 3.63) is 113 Å². The lowest BCUT2D eigenvalue weighted by Gasteiger charge is -2.26. The summed E-state index contributed by atoms with van der Waals surface area (Å²) in [5, 5.41) is 0. The van der Waals surface area contributed by atoms with Crippen molar-refractivity contribution in [2.45, 2.75) is 104 Å². The van der Waals surface area contributed by atoms with Gasteiger partial charge in [-0.3, -0.25) is 0 Å². The van der Waals surface area contributed by atoms with Gasteiger partial charge in [0.1, 0.15) is 5.75 Å². The van der Waals surface area contributed by atoms with Gasteiger partial charge in [-0.05, 0) is 65.6 Å². The molecule has 0 spiro atoms. The summed E-state index contributed by atoms with van der Waals surface area (Å²) in [4.78, 5) is 33.3. The van der Waals surface area contributed by atoms with Crippen LogP contribution in [0.15, 0.2) is 91.0 Å². The molecule has 4 rings (SSSR count). The Bertz CT molecular complexity index is 1530. The average molecular weight is 634 g/mol. The monoisotopic (exact) mass is 633 g/mol. The Morgan fingerprint density at radius 1 is 0.511 bits per heavy atom. The molecule has 0 aliphatic heterocycles. The molecule has 4 aromatic carbocycles. The summed E-state index contributed by atoms with van der Waals surface area (Å²) >= 11 is 0. The van der Waals surface area contributed by atoms with E-state index in [1.54, 1.807) is 12.1 Å². The van der Waals surface area contributed by atoms with Crippen molar-refractivity contribution >= 4 is 11.9 Å². The summed E-state index contributed by atoms with van der Waals surface area (Å²) in [6.07, 6.45) is 15.0. The SMILES string of the molecule is CCCCCCCCc1c(CCCCCCCC)c(-c2ccccc2)c(-c2ccccc2)c(C(=O)ON)c1C(=O)Oc1ccccc1. The Hall–Kier alpha value is -4.22. The van der Waals surface area contributed by atoms with E-state index in [0.717, 1.165) is 66.3 Å². The lowest BCUT2D eigenvalue weighted by atomic mass is 9.78. The van der Waals surface area contributed by atoms with Gasteiger partial charge in [0.05, 0.1) is 11.1 Å². The zero-order valence-corrected chi connectivity index (χ0v) is 28.3. The molecule has 47 heavy (non-hydrogen) atoms. The smallest absolute Gasteiger partial charge is 0.358 e. The van der Waals surface area contributed by atoms with Gasteiger partial charge in [-0.2, -0.15) is 5.90 Å². The number of ether oxygens (including phenoxy) is 1. The average Bonchev–Trinajstić information content (AvgIpc) is 3.11. The van der Waals surface area contributed by atoms with Gasteiger partial charge in [-0.1, -0.05) is 157 Å². The number of unbranched alkanes of at least 4 members (excludes halogenated alkanes) is 10. The molecule has 0 aromatic heterocycles. The minimum atomic E-state index is -0.753. The first-order chi connectivity index (χ1) is 23.1. The molecular weight excluding hydrogens is 582 g/mol. The van der Waals surface area contributed by atoms with E-state index in [1.807, 2.05) is 66.7 Å². The fourth-order valence-electron chi connectivity index (χ4n) is 6.52. The summed E-state index contributed by atoms with van der Waals surface area (Å²) in [5.41, 5.74) is 5.81. The maximum Gasteiger partial charge on any atom is 0.358 e. The number of carbonyl (C=O) groups excluding carboxylic acids is 2. The third kappa shape index (κ3) is 9.89. The van der Waals surface area contributed by atoms with Gasteiger partial charge >= 0.3 is 11.9 Å². The predicted molar refractivity (Wildman–Crippen MR) is 192 cm³/mol. The third-order valence-electron chi connectivity index (χ3n) is 8.87. The van der Waals surface area contributed by atoms with Crippen LogP contribution in [0.4, 0.5) is 0 Å². The van der Waals surface area contributed by atoms with Crippen molar-refractivity contribution in [3.8, 4) is 28.0 Å². The molecule has 0 amide bonds. The Kier molecular flexibility index (Phi) is 14.7. The molecule has 2 N–H and O–H groups in total. The molecule has 0 fully saturated rings. The first-order valence-electron chi connectivity index (χ1n) is 17.6. The number of nitrogens with two attached hydrogens (primary N) is 1. The summed E-state index contributed by atoms with van der Waals surface area (Å²) in [7, 11) is 0. The molecular formula is C42H51NO4. The van der Waals surface area contributed by atoms with Crippen molar-refractivity contribution in [2.75, 3.05) is 0 Å². The normalized spacial score (nSPS) is 11.0. The van der Waals surface area contributed by atoms with Crippen LogP contribution in [0, 0.1) is 0 Å². The number of carbonyl (C=O) groups is 2. The fraction of sp³-hybridized carbons (Fsp3) is 0.381. The number of benzene rings is 4. The van der Waals surface area contributed by atoms with E-state index in [-0.39, 0.29) is 11.1 Å². The van der Waals surface area contributed by atoms with Crippen molar-refractivity contribution in [1.82, 2.24) is 0 Å². The number of hydrogen-bond donors (Lipinski definition) is 1. The Balaban J connectivity index is 2.00. The molecule has 248 valence electrons. The van der Waals surface area contributed by atoms with Crippen LogP contribution in [-0.2, 0) is 17.7 Å². The molecule has 0 aliphatic carbocycles. The number of hydrogen-bond acceptors (Lipinski definition) is 5. The molecule has 5 nitrogen and oxygen atoms in total. The number of rotatable bonds is 19. The van der Waals surface area contributed by atoms with Gasteiger partial charge in [0, 0.05) is 5.56 Å². The van der Waals surface area contributed by atoms with Gasteiger partial charge in [0.15, 0.2) is 0 Å². The zero-order chi connectivity index (χ0) is 33.3. The van der Waals surface area contributed by atoms with Gasteiger partial charge in [0.2, 0.25) is 0 Å². The van der Waals surface area contributed by atoms with Gasteiger partial charge in [0.25, 0.3) is 0 Å². The quantitative estimate of drug-likeness (QED) is 0.0481. The highest BCUT2D eigenvalue weighted by molar-refractivity contribution is 6.13. The summed E-state index contributed by atoms with van der Waals surface area (Å²) < 4.78 is 6.01. The van der Waals surface area contributed by atoms with E-state index < -0.39 is 11.9 Å². The van der Waals surface area contributed by atoms with Crippen LogP contribution in [0.5, 0.6) is 5.75 Å². The minimum absolute atomic E-state index is 0.158. The van der Waals surface area contributed by atoms with E-state index >= 15 is 0 Å². The van der Waals surface area contributed by atoms with Crippen molar-refractivity contribution < 1.29 is 19.2 Å². The number of esters is 1. The summed E-state index contributed by atoms with van der Waals surface area (Å²) in [6.45, 7) is 4.45. The second-order valence-electron chi connectivity index (χ2n) is 12.3. The lowest BCUT2D eigenvalue weighted by Crippen LogP contribution is -2.23. The van der Waals surface area contributed by atoms with Crippen molar-refractivity contribution in [1.29, 1.82) is 0 Å². The minimum Gasteiger partial charge on any atom is -0.423 e. The lowest BCUT2D eigenvalue weighted by molar-refractivity contribution is 0.0495. The Morgan fingerprint density at radius 2 is 0.957 bits per heavy atom. The summed E-state index contributed by atoms with van der Waals surface area (Å²) in [5.74, 6) is 4.75. The van der Waals surface area contributed by atoms with E-state index in [0.29, 0.717) is 17.7 Å². The largest absolute Gasteiger partial charge is 0.423 e. The second-order valence-corrected chi connectivity index (χ2v) is 12.3. The first-order valence-corrected chi connectivity index (χ1v) is 17.6. The van der Waals surface area contributed by atoms with E-state index in [2.05, 4.69) is 26.0 Å². The van der Waals surface area contributed by atoms with Crippen LogP contribution in [-0.4, -0.2) is 11.9 Å². The summed E-state index contributed by atoms with van der Waals surface area (Å²) in [6, 6.07) is 29.0. The van der Waals surface area contributed by atoms with Crippen LogP contribution < -0.4 is 10.6 Å². The zero-order valence-electron chi connectivity index (χ0n) is 28.3. The number of para-hydroxylation sites is 1. The highest BCUT2D eigenvalue weighted by Gasteiger charge is 2.33. The molecule has 0 saturated carbocycles. The Labute approximate surface area is 281 Å². The molecule has 5 heteroatoms. The van der Waals surface area contributed by atoms with E-state index in [1.165, 1.54) is 44.9 Å². The van der Waals surface area contributed by atoms with Crippen LogP contribution in [0.1, 0.15) is 123 Å². The van der Waals surface area contributed by atoms with Gasteiger partial charge < -0.3 is 9.57 Å². The third-order valence-corrected chi connectivity index (χ3v) is 8.87. The van der Waals surface area contributed by atoms with Crippen LogP contribution in [0.3, 0.4) is 0 Å². The van der Waals surface area contributed by atoms with Crippen LogP contribution in [0.25, 0.3) is 22.3 Å². The van der Waals surface area contributed by atoms with Crippen LogP contribution in [0.2, 0.25) is 0 Å². The van der Waals surface area contributed by atoms with Gasteiger partial charge in [-0.25, -0.2) is 9.59 Å². The van der Waals surface area contributed by atoms with E-state index in [9.17, 15) is 9.59 Å². The topological polar surface area (TPSA) is 78.6 Å². The molecule has 0 aliphatic rings. The van der Waals surface area contributed by atoms with Crippen molar-refractivity contribution in [2.24, 2.45) is 5.90 Å². The standard InChI is InChI=1S/C42H51NO4/c1-3-5-7-9-11-22-30-35-36(31-23-12-10-8-6-4-2)39(41(44)46-34-28-20-15-21-29-34)40(42(45)47-43)38(33-26-18-14-19-27-33)37(35)32-24-16-13-17-25-32/h13-21,24-29H,3-12,22-23,30-31,43H2,1-2H3. The molecule has 0 unspecified atom stereocenters. The highest BCUT2D eigenvalue weighted by atomic mass is 16.7. The molecule has 0 atom stereocenters. The molecule has 0 bridgehead atoms. The molecule has 0 radical (unpaired) electrons. The molecule has 4 aromatic rings. The van der Waals surface area contributed by atoms with Gasteiger partial charge in [-0.15, -0.1) is 0 Å². The Morgan fingerprint density at radius 3 is 1.47 bits per heavy atom. The van der Waals surface area contributed by atoms with Crippen LogP contribution >= 0.6 is 0 Å². The second kappa shape index (κ2) is 19.4. The van der Waals surface area contributed by atoms with E-state index in [4.69, 9.17) is 15.5 Å². The molecule has 0 saturated heterocycles. The fourth-order valence-corrected chi connectivity index (χ4v) is 6.52. The first kappa shape index (κ1) is 35.6. The molecule has 0 heterocycles. The highest BCUT2D eigenvalue weighted by Crippen LogP contribution is 2.44. The predicted octanol–water partition coefficient (Wildman–Crippen LogP) is 11.1. The maximum atomic E-state index is 14.4. The van der Waals surface area contributed by atoms with Crippen molar-refractivity contribution in [3.63, 3.8) is 0 Å².